The maximum atomic E-state index is 11.5. The molecule has 0 aromatic carbocycles. The summed E-state index contributed by atoms with van der Waals surface area (Å²) in [7, 11) is -3.04. The Labute approximate surface area is 91.8 Å². The Morgan fingerprint density at radius 2 is 1.80 bits per heavy atom. The average molecular weight is 236 g/mol. The summed E-state index contributed by atoms with van der Waals surface area (Å²) in [5.41, 5.74) is 0. The number of carbonyl (C=O) groups is 1. The first-order valence-electron chi connectivity index (χ1n) is 5.03. The van der Waals surface area contributed by atoms with Gasteiger partial charge in [0.1, 0.15) is 9.84 Å². The summed E-state index contributed by atoms with van der Waals surface area (Å²) in [4.78, 5) is 13.1. The zero-order chi connectivity index (χ0) is 12.1. The third-order valence-electron chi connectivity index (χ3n) is 1.97. The van der Waals surface area contributed by atoms with E-state index in [2.05, 4.69) is 5.32 Å². The van der Waals surface area contributed by atoms with Crippen molar-refractivity contribution >= 4 is 15.9 Å². The number of urea groups is 1. The first-order valence-corrected chi connectivity index (χ1v) is 7.09. The average Bonchev–Trinajstić information content (AvgIpc) is 2.02. The van der Waals surface area contributed by atoms with E-state index in [1.54, 1.807) is 11.8 Å². The fourth-order valence-electron chi connectivity index (χ4n) is 1.31. The summed E-state index contributed by atoms with van der Waals surface area (Å²) in [6.07, 6.45) is 1.16. The van der Waals surface area contributed by atoms with Gasteiger partial charge in [-0.25, -0.2) is 13.2 Å². The lowest BCUT2D eigenvalue weighted by Gasteiger charge is -2.22. The largest absolute Gasteiger partial charge is 0.335 e. The van der Waals surface area contributed by atoms with Crippen LogP contribution in [-0.2, 0) is 9.84 Å². The SMILES string of the molecule is CCN(CC)C(=O)NC(C)CS(C)(=O)=O. The monoisotopic (exact) mass is 236 g/mol. The fraction of sp³-hybridized carbons (Fsp3) is 0.889. The lowest BCUT2D eigenvalue weighted by atomic mass is 10.4. The topological polar surface area (TPSA) is 66.5 Å². The summed E-state index contributed by atoms with van der Waals surface area (Å²) in [6.45, 7) is 6.68. The lowest BCUT2D eigenvalue weighted by molar-refractivity contribution is 0.201. The van der Waals surface area contributed by atoms with Crippen molar-refractivity contribution in [1.29, 1.82) is 0 Å². The van der Waals surface area contributed by atoms with Crippen LogP contribution in [0.15, 0.2) is 0 Å². The maximum absolute atomic E-state index is 11.5. The van der Waals surface area contributed by atoms with Crippen molar-refractivity contribution in [3.63, 3.8) is 0 Å². The first kappa shape index (κ1) is 14.2. The van der Waals surface area contributed by atoms with Crippen molar-refractivity contribution in [2.45, 2.75) is 26.8 Å². The number of hydrogen-bond acceptors (Lipinski definition) is 3. The van der Waals surface area contributed by atoms with E-state index in [-0.39, 0.29) is 17.8 Å². The third-order valence-corrected chi connectivity index (χ3v) is 3.08. The van der Waals surface area contributed by atoms with Gasteiger partial charge in [-0.1, -0.05) is 0 Å². The van der Waals surface area contributed by atoms with Gasteiger partial charge in [0.05, 0.1) is 5.75 Å². The molecule has 0 saturated carbocycles. The quantitative estimate of drug-likeness (QED) is 0.754. The van der Waals surface area contributed by atoms with E-state index >= 15 is 0 Å². The second-order valence-corrected chi connectivity index (χ2v) is 5.80. The van der Waals surface area contributed by atoms with Gasteiger partial charge in [0.2, 0.25) is 0 Å². The molecule has 0 heterocycles. The number of sulfone groups is 1. The summed E-state index contributed by atoms with van der Waals surface area (Å²) in [5.74, 6) is -0.0278. The minimum absolute atomic E-state index is 0.0278. The van der Waals surface area contributed by atoms with Crippen molar-refractivity contribution in [2.75, 3.05) is 25.1 Å². The highest BCUT2D eigenvalue weighted by Gasteiger charge is 2.15. The second-order valence-electron chi connectivity index (χ2n) is 3.62. The molecular weight excluding hydrogens is 216 g/mol. The van der Waals surface area contributed by atoms with Crippen LogP contribution in [0.1, 0.15) is 20.8 Å². The van der Waals surface area contributed by atoms with Gasteiger partial charge in [-0.3, -0.25) is 0 Å². The van der Waals surface area contributed by atoms with Gasteiger partial charge in [-0.2, -0.15) is 0 Å². The number of carbonyl (C=O) groups excluding carboxylic acids is 1. The van der Waals surface area contributed by atoms with E-state index in [0.717, 1.165) is 6.26 Å². The van der Waals surface area contributed by atoms with Crippen LogP contribution in [0, 0.1) is 0 Å². The molecule has 0 fully saturated rings. The Morgan fingerprint density at radius 1 is 1.33 bits per heavy atom. The standard InChI is InChI=1S/C9H20N2O3S/c1-5-11(6-2)9(12)10-8(3)7-15(4,13)14/h8H,5-7H2,1-4H3,(H,10,12). The van der Waals surface area contributed by atoms with Gasteiger partial charge in [-0.15, -0.1) is 0 Å². The second kappa shape index (κ2) is 5.95. The Morgan fingerprint density at radius 3 is 2.13 bits per heavy atom. The molecule has 0 aromatic rings. The first-order chi connectivity index (χ1) is 6.80. The molecule has 90 valence electrons. The molecule has 0 bridgehead atoms. The van der Waals surface area contributed by atoms with Crippen LogP contribution in [0.2, 0.25) is 0 Å². The van der Waals surface area contributed by atoms with Crippen molar-refractivity contribution in [3.8, 4) is 0 Å². The minimum atomic E-state index is -3.04. The minimum Gasteiger partial charge on any atom is -0.335 e. The van der Waals surface area contributed by atoms with Crippen LogP contribution in [0.3, 0.4) is 0 Å². The molecular formula is C9H20N2O3S. The zero-order valence-electron chi connectivity index (χ0n) is 9.78. The Balaban J connectivity index is 4.18. The Kier molecular flexibility index (Phi) is 5.64. The molecule has 2 amide bonds. The number of amides is 2. The van der Waals surface area contributed by atoms with Crippen molar-refractivity contribution < 1.29 is 13.2 Å². The fourth-order valence-corrected chi connectivity index (χ4v) is 2.30. The maximum Gasteiger partial charge on any atom is 0.317 e. The van der Waals surface area contributed by atoms with Gasteiger partial charge >= 0.3 is 6.03 Å². The molecule has 0 radical (unpaired) electrons. The normalized spacial score (nSPS) is 13.3. The molecule has 1 unspecified atom stereocenters. The van der Waals surface area contributed by atoms with E-state index in [1.165, 1.54) is 0 Å². The van der Waals surface area contributed by atoms with Crippen LogP contribution in [-0.4, -0.2) is 50.5 Å². The molecule has 0 aromatic heterocycles. The molecule has 5 nitrogen and oxygen atoms in total. The van der Waals surface area contributed by atoms with Crippen molar-refractivity contribution in [3.05, 3.63) is 0 Å². The molecule has 0 aliphatic carbocycles. The number of rotatable bonds is 5. The number of nitrogens with one attached hydrogen (secondary N) is 1. The Hall–Kier alpha value is -0.780. The van der Waals surface area contributed by atoms with Crippen molar-refractivity contribution in [2.24, 2.45) is 0 Å². The summed E-state index contributed by atoms with van der Waals surface area (Å²) in [5, 5.41) is 2.65. The molecule has 15 heavy (non-hydrogen) atoms. The van der Waals surface area contributed by atoms with Gasteiger partial charge in [0.15, 0.2) is 0 Å². The van der Waals surface area contributed by atoms with Gasteiger partial charge in [0.25, 0.3) is 0 Å². The number of nitrogens with zero attached hydrogens (tertiary/aromatic N) is 1. The van der Waals surface area contributed by atoms with Crippen LogP contribution in [0.25, 0.3) is 0 Å². The van der Waals surface area contributed by atoms with Gasteiger partial charge in [-0.05, 0) is 20.8 Å². The molecule has 6 heteroatoms. The molecule has 0 saturated heterocycles. The predicted octanol–water partition coefficient (Wildman–Crippen LogP) is 0.471. The van der Waals surface area contributed by atoms with E-state index in [1.807, 2.05) is 13.8 Å². The molecule has 1 N–H and O–H groups in total. The van der Waals surface area contributed by atoms with E-state index in [4.69, 9.17) is 0 Å². The molecule has 1 atom stereocenters. The third kappa shape index (κ3) is 6.33. The highest BCUT2D eigenvalue weighted by Crippen LogP contribution is 1.94. The Bertz CT molecular complexity index is 296. The highest BCUT2D eigenvalue weighted by atomic mass is 32.2. The predicted molar refractivity (Wildman–Crippen MR) is 60.6 cm³/mol. The van der Waals surface area contributed by atoms with Gasteiger partial charge in [0, 0.05) is 25.4 Å². The summed E-state index contributed by atoms with van der Waals surface area (Å²) >= 11 is 0. The summed E-state index contributed by atoms with van der Waals surface area (Å²) < 4.78 is 21.9. The molecule has 0 aliphatic rings. The van der Waals surface area contributed by atoms with Crippen molar-refractivity contribution in [1.82, 2.24) is 10.2 Å². The van der Waals surface area contributed by atoms with Crippen LogP contribution in [0.4, 0.5) is 4.79 Å². The van der Waals surface area contributed by atoms with E-state index in [0.29, 0.717) is 13.1 Å². The summed E-state index contributed by atoms with van der Waals surface area (Å²) in [6, 6.07) is -0.566. The van der Waals surface area contributed by atoms with E-state index < -0.39 is 9.84 Å². The van der Waals surface area contributed by atoms with Crippen LogP contribution >= 0.6 is 0 Å². The molecule has 0 rings (SSSR count). The van der Waals surface area contributed by atoms with Gasteiger partial charge < -0.3 is 10.2 Å². The van der Waals surface area contributed by atoms with E-state index in [9.17, 15) is 13.2 Å². The zero-order valence-corrected chi connectivity index (χ0v) is 10.6. The highest BCUT2D eigenvalue weighted by molar-refractivity contribution is 7.90. The van der Waals surface area contributed by atoms with Crippen LogP contribution in [0.5, 0.6) is 0 Å². The molecule has 0 spiro atoms. The molecule has 0 aliphatic heterocycles. The van der Waals surface area contributed by atoms with Crippen LogP contribution < -0.4 is 5.32 Å². The lowest BCUT2D eigenvalue weighted by Crippen LogP contribution is -2.45. The smallest absolute Gasteiger partial charge is 0.317 e. The number of hydrogen-bond donors (Lipinski definition) is 1.